The molecule has 0 amide bonds. The average molecular weight is 249 g/mol. The zero-order valence-electron chi connectivity index (χ0n) is 10.7. The molecule has 1 aromatic carbocycles. The van der Waals surface area contributed by atoms with Gasteiger partial charge in [-0.15, -0.1) is 0 Å². The highest BCUT2D eigenvalue weighted by Crippen LogP contribution is 2.23. The fourth-order valence-electron chi connectivity index (χ4n) is 1.76. The largest absolute Gasteiger partial charge is 0.494 e. The van der Waals surface area contributed by atoms with Crippen LogP contribution >= 0.6 is 0 Å². The van der Waals surface area contributed by atoms with Crippen molar-refractivity contribution in [2.24, 2.45) is 0 Å². The summed E-state index contributed by atoms with van der Waals surface area (Å²) in [6, 6.07) is 4.73. The van der Waals surface area contributed by atoms with Crippen molar-refractivity contribution in [1.82, 2.24) is 9.55 Å². The number of anilines is 2. The van der Waals surface area contributed by atoms with Gasteiger partial charge in [-0.3, -0.25) is 0 Å². The Hall–Kier alpha value is -2.04. The topological polar surface area (TPSA) is 39.1 Å². The molecule has 1 heterocycles. The van der Waals surface area contributed by atoms with Gasteiger partial charge in [0.1, 0.15) is 0 Å². The van der Waals surface area contributed by atoms with Gasteiger partial charge in [0.05, 0.1) is 12.8 Å². The number of hydrogen-bond donors (Lipinski definition) is 1. The summed E-state index contributed by atoms with van der Waals surface area (Å²) in [5, 5.41) is 3.09. The van der Waals surface area contributed by atoms with Crippen molar-refractivity contribution in [2.45, 2.75) is 20.4 Å². The van der Waals surface area contributed by atoms with Crippen molar-refractivity contribution in [1.29, 1.82) is 0 Å². The number of rotatable bonds is 4. The molecule has 0 bridgehead atoms. The molecule has 0 aliphatic rings. The molecule has 96 valence electrons. The third kappa shape index (κ3) is 2.45. The number of nitrogens with one attached hydrogen (secondary N) is 1. The fraction of sp³-hybridized carbons (Fsp3) is 0.308. The van der Waals surface area contributed by atoms with Crippen LogP contribution in [0.25, 0.3) is 0 Å². The van der Waals surface area contributed by atoms with Gasteiger partial charge < -0.3 is 14.6 Å². The molecule has 1 N–H and O–H groups in total. The van der Waals surface area contributed by atoms with Crippen LogP contribution in [0, 0.1) is 12.7 Å². The second-order valence-electron chi connectivity index (χ2n) is 3.97. The Morgan fingerprint density at radius 3 is 2.83 bits per heavy atom. The van der Waals surface area contributed by atoms with Crippen LogP contribution in [-0.2, 0) is 6.54 Å². The predicted octanol–water partition coefficient (Wildman–Crippen LogP) is 3.10. The molecule has 0 spiro atoms. The SMILES string of the molecule is CCn1cc(C)nc1Nc1ccc(OC)c(F)c1. The molecule has 0 radical (unpaired) electrons. The highest BCUT2D eigenvalue weighted by molar-refractivity contribution is 5.55. The summed E-state index contributed by atoms with van der Waals surface area (Å²) in [4.78, 5) is 4.35. The summed E-state index contributed by atoms with van der Waals surface area (Å²) >= 11 is 0. The van der Waals surface area contributed by atoms with E-state index >= 15 is 0 Å². The van der Waals surface area contributed by atoms with E-state index in [-0.39, 0.29) is 5.75 Å². The van der Waals surface area contributed by atoms with Gasteiger partial charge in [-0.05, 0) is 26.0 Å². The Bertz CT molecular complexity index is 551. The number of halogens is 1. The van der Waals surface area contributed by atoms with Crippen LogP contribution in [0.1, 0.15) is 12.6 Å². The van der Waals surface area contributed by atoms with E-state index in [1.165, 1.54) is 13.2 Å². The first-order valence-corrected chi connectivity index (χ1v) is 5.78. The van der Waals surface area contributed by atoms with E-state index < -0.39 is 5.82 Å². The van der Waals surface area contributed by atoms with Gasteiger partial charge in [0, 0.05) is 24.5 Å². The van der Waals surface area contributed by atoms with E-state index in [2.05, 4.69) is 10.3 Å². The minimum absolute atomic E-state index is 0.232. The van der Waals surface area contributed by atoms with E-state index in [1.807, 2.05) is 24.6 Å². The number of benzene rings is 1. The molecule has 5 heteroatoms. The standard InChI is InChI=1S/C13H16FN3O/c1-4-17-8-9(2)15-13(17)16-10-5-6-12(18-3)11(14)7-10/h5-8H,4H2,1-3H3,(H,15,16). The van der Waals surface area contributed by atoms with E-state index in [0.717, 1.165) is 12.2 Å². The Balaban J connectivity index is 2.25. The fourth-order valence-corrected chi connectivity index (χ4v) is 1.76. The number of imidazole rings is 1. The zero-order valence-corrected chi connectivity index (χ0v) is 10.7. The van der Waals surface area contributed by atoms with Gasteiger partial charge in [0.15, 0.2) is 11.6 Å². The molecule has 0 saturated heterocycles. The first-order chi connectivity index (χ1) is 8.63. The smallest absolute Gasteiger partial charge is 0.207 e. The van der Waals surface area contributed by atoms with E-state index in [0.29, 0.717) is 11.6 Å². The molecule has 1 aromatic heterocycles. The number of nitrogens with zero attached hydrogens (tertiary/aromatic N) is 2. The van der Waals surface area contributed by atoms with Gasteiger partial charge in [-0.1, -0.05) is 0 Å². The van der Waals surface area contributed by atoms with E-state index in [4.69, 9.17) is 4.74 Å². The van der Waals surface area contributed by atoms with Crippen molar-refractivity contribution in [2.75, 3.05) is 12.4 Å². The highest BCUT2D eigenvalue weighted by Gasteiger charge is 2.07. The van der Waals surface area contributed by atoms with Crippen LogP contribution in [-0.4, -0.2) is 16.7 Å². The lowest BCUT2D eigenvalue weighted by Gasteiger charge is -2.09. The first kappa shape index (κ1) is 12.4. The summed E-state index contributed by atoms with van der Waals surface area (Å²) in [6.07, 6.45) is 1.95. The predicted molar refractivity (Wildman–Crippen MR) is 68.9 cm³/mol. The molecule has 2 rings (SSSR count). The Morgan fingerprint density at radius 2 is 2.22 bits per heavy atom. The van der Waals surface area contributed by atoms with Gasteiger partial charge >= 0.3 is 0 Å². The van der Waals surface area contributed by atoms with Crippen LogP contribution in [0.4, 0.5) is 16.0 Å². The minimum Gasteiger partial charge on any atom is -0.494 e. The monoisotopic (exact) mass is 249 g/mol. The Morgan fingerprint density at radius 1 is 1.44 bits per heavy atom. The number of ether oxygens (including phenoxy) is 1. The van der Waals surface area contributed by atoms with Gasteiger partial charge in [0.2, 0.25) is 5.95 Å². The summed E-state index contributed by atoms with van der Waals surface area (Å²) < 4.78 is 20.4. The van der Waals surface area contributed by atoms with Crippen molar-refractivity contribution >= 4 is 11.6 Å². The Kier molecular flexibility index (Phi) is 3.50. The molecule has 0 saturated carbocycles. The zero-order chi connectivity index (χ0) is 13.1. The molecular formula is C13H16FN3O. The average Bonchev–Trinajstić information content (AvgIpc) is 2.70. The second kappa shape index (κ2) is 5.08. The van der Waals surface area contributed by atoms with Crippen molar-refractivity contribution < 1.29 is 9.13 Å². The highest BCUT2D eigenvalue weighted by atomic mass is 19.1. The van der Waals surface area contributed by atoms with Gasteiger partial charge in [-0.25, -0.2) is 9.37 Å². The normalized spacial score (nSPS) is 10.4. The number of aromatic nitrogens is 2. The first-order valence-electron chi connectivity index (χ1n) is 5.78. The summed E-state index contributed by atoms with van der Waals surface area (Å²) in [5.74, 6) is 0.545. The lowest BCUT2D eigenvalue weighted by molar-refractivity contribution is 0.386. The maximum absolute atomic E-state index is 13.5. The lowest BCUT2D eigenvalue weighted by atomic mass is 10.3. The third-order valence-corrected chi connectivity index (χ3v) is 2.65. The summed E-state index contributed by atoms with van der Waals surface area (Å²) in [7, 11) is 1.44. The molecule has 0 aliphatic heterocycles. The van der Waals surface area contributed by atoms with Gasteiger partial charge in [0.25, 0.3) is 0 Å². The number of aryl methyl sites for hydroxylation is 2. The minimum atomic E-state index is -0.395. The number of methoxy groups -OCH3 is 1. The molecule has 2 aromatic rings. The quantitative estimate of drug-likeness (QED) is 0.905. The van der Waals surface area contributed by atoms with Crippen LogP contribution in [0.2, 0.25) is 0 Å². The van der Waals surface area contributed by atoms with Crippen molar-refractivity contribution in [3.8, 4) is 5.75 Å². The van der Waals surface area contributed by atoms with Crippen LogP contribution < -0.4 is 10.1 Å². The molecule has 0 unspecified atom stereocenters. The van der Waals surface area contributed by atoms with Crippen molar-refractivity contribution in [3.63, 3.8) is 0 Å². The number of hydrogen-bond acceptors (Lipinski definition) is 3. The maximum Gasteiger partial charge on any atom is 0.207 e. The molecular weight excluding hydrogens is 233 g/mol. The molecule has 18 heavy (non-hydrogen) atoms. The van der Waals surface area contributed by atoms with E-state index in [9.17, 15) is 4.39 Å². The summed E-state index contributed by atoms with van der Waals surface area (Å²) in [5.41, 5.74) is 1.57. The second-order valence-corrected chi connectivity index (χ2v) is 3.97. The maximum atomic E-state index is 13.5. The molecule has 0 fully saturated rings. The van der Waals surface area contributed by atoms with Crippen LogP contribution in [0.3, 0.4) is 0 Å². The van der Waals surface area contributed by atoms with Gasteiger partial charge in [-0.2, -0.15) is 0 Å². The molecule has 0 atom stereocenters. The third-order valence-electron chi connectivity index (χ3n) is 2.65. The van der Waals surface area contributed by atoms with Crippen LogP contribution in [0.15, 0.2) is 24.4 Å². The van der Waals surface area contributed by atoms with Crippen LogP contribution in [0.5, 0.6) is 5.75 Å². The molecule has 4 nitrogen and oxygen atoms in total. The Labute approximate surface area is 105 Å². The summed E-state index contributed by atoms with van der Waals surface area (Å²) in [6.45, 7) is 4.76. The van der Waals surface area contributed by atoms with Crippen molar-refractivity contribution in [3.05, 3.63) is 35.9 Å². The van der Waals surface area contributed by atoms with E-state index in [1.54, 1.807) is 12.1 Å². The lowest BCUT2D eigenvalue weighted by Crippen LogP contribution is -2.01. The molecule has 0 aliphatic carbocycles.